The number of methoxy groups -OCH3 is 1. The second kappa shape index (κ2) is 5.60. The molecule has 3 N–H and O–H groups in total. The first-order valence-electron chi connectivity index (χ1n) is 5.37. The highest BCUT2D eigenvalue weighted by Gasteiger charge is 2.13. The first-order valence-corrected chi connectivity index (χ1v) is 6.45. The fraction of sp³-hybridized carbons (Fsp3) is 0.0769. The number of halogens is 3. The summed E-state index contributed by atoms with van der Waals surface area (Å²) in [6.45, 7) is 0. The van der Waals surface area contributed by atoms with E-state index >= 15 is 0 Å². The summed E-state index contributed by atoms with van der Waals surface area (Å²) in [5, 5.41) is 2.76. The summed E-state index contributed by atoms with van der Waals surface area (Å²) >= 11 is 1.73. The molecule has 2 aromatic carbocycles. The molecule has 0 fully saturated rings. The van der Waals surface area contributed by atoms with Gasteiger partial charge in [0.1, 0.15) is 5.75 Å². The van der Waals surface area contributed by atoms with Gasteiger partial charge >= 0.3 is 0 Å². The molecule has 2 aromatic rings. The fourth-order valence-electron chi connectivity index (χ4n) is 1.54. The van der Waals surface area contributed by atoms with Gasteiger partial charge in [0.25, 0.3) is 0 Å². The number of nitrogen functional groups attached to an aromatic ring is 1. The number of rotatable bonds is 3. The highest BCUT2D eigenvalue weighted by atomic mass is 127. The van der Waals surface area contributed by atoms with E-state index in [4.69, 9.17) is 10.5 Å². The average Bonchev–Trinajstić information content (AvgIpc) is 2.41. The van der Waals surface area contributed by atoms with E-state index in [1.165, 1.54) is 19.2 Å². The molecule has 0 aromatic heterocycles. The molecular weight excluding hydrogens is 365 g/mol. The predicted molar refractivity (Wildman–Crippen MR) is 79.8 cm³/mol. The number of ether oxygens (including phenoxy) is 1. The Bertz CT molecular complexity index is 620. The number of nitrogens with one attached hydrogen (secondary N) is 1. The molecule has 0 aliphatic rings. The topological polar surface area (TPSA) is 47.3 Å². The summed E-state index contributed by atoms with van der Waals surface area (Å²) in [7, 11) is 1.51. The molecule has 0 aliphatic carbocycles. The Kier molecular flexibility index (Phi) is 4.08. The van der Waals surface area contributed by atoms with Gasteiger partial charge in [-0.1, -0.05) is 0 Å². The number of nitrogens with two attached hydrogens (primary N) is 1. The number of anilines is 3. The predicted octanol–water partition coefficient (Wildman–Crippen LogP) is 3.90. The van der Waals surface area contributed by atoms with Gasteiger partial charge in [-0.2, -0.15) is 0 Å². The lowest BCUT2D eigenvalue weighted by Crippen LogP contribution is -2.01. The van der Waals surface area contributed by atoms with Crippen LogP contribution in [0.5, 0.6) is 5.75 Å². The summed E-state index contributed by atoms with van der Waals surface area (Å²) in [5.74, 6) is -1.25. The van der Waals surface area contributed by atoms with Crippen LogP contribution in [0.1, 0.15) is 0 Å². The maximum absolute atomic E-state index is 13.7. The van der Waals surface area contributed by atoms with Crippen LogP contribution < -0.4 is 15.8 Å². The van der Waals surface area contributed by atoms with Crippen molar-refractivity contribution in [2.45, 2.75) is 0 Å². The zero-order valence-corrected chi connectivity index (χ0v) is 12.2. The SMILES string of the molecule is COc1ccc(N)c(Nc2ccc(I)c(F)c2F)c1. The second-order valence-electron chi connectivity index (χ2n) is 3.80. The Morgan fingerprint density at radius 1 is 1.11 bits per heavy atom. The van der Waals surface area contributed by atoms with E-state index in [-0.39, 0.29) is 9.26 Å². The van der Waals surface area contributed by atoms with E-state index in [1.54, 1.807) is 40.8 Å². The lowest BCUT2D eigenvalue weighted by molar-refractivity contribution is 0.415. The van der Waals surface area contributed by atoms with Crippen LogP contribution in [0.2, 0.25) is 0 Å². The van der Waals surface area contributed by atoms with E-state index in [9.17, 15) is 8.78 Å². The second-order valence-corrected chi connectivity index (χ2v) is 4.96. The minimum Gasteiger partial charge on any atom is -0.497 e. The van der Waals surface area contributed by atoms with Gasteiger partial charge in [-0.25, -0.2) is 8.78 Å². The summed E-state index contributed by atoms with van der Waals surface area (Å²) < 4.78 is 32.5. The summed E-state index contributed by atoms with van der Waals surface area (Å²) in [5.41, 5.74) is 6.67. The molecule has 0 heterocycles. The molecule has 0 saturated carbocycles. The third-order valence-electron chi connectivity index (χ3n) is 2.56. The van der Waals surface area contributed by atoms with Gasteiger partial charge in [0, 0.05) is 6.07 Å². The Morgan fingerprint density at radius 2 is 1.84 bits per heavy atom. The minimum atomic E-state index is -0.936. The molecule has 3 nitrogen and oxygen atoms in total. The van der Waals surface area contributed by atoms with E-state index in [0.29, 0.717) is 17.1 Å². The van der Waals surface area contributed by atoms with E-state index in [1.807, 2.05) is 0 Å². The van der Waals surface area contributed by atoms with Crippen LogP contribution in [0.3, 0.4) is 0 Å². The van der Waals surface area contributed by atoms with Crippen LogP contribution in [0, 0.1) is 15.2 Å². The molecule has 0 radical (unpaired) electrons. The molecule has 0 amide bonds. The molecule has 0 unspecified atom stereocenters. The van der Waals surface area contributed by atoms with Crippen molar-refractivity contribution < 1.29 is 13.5 Å². The molecule has 2 rings (SSSR count). The van der Waals surface area contributed by atoms with E-state index in [0.717, 1.165) is 0 Å². The van der Waals surface area contributed by atoms with E-state index in [2.05, 4.69) is 5.32 Å². The van der Waals surface area contributed by atoms with Crippen LogP contribution in [0.15, 0.2) is 30.3 Å². The number of benzene rings is 2. The van der Waals surface area contributed by atoms with Crippen molar-refractivity contribution in [1.29, 1.82) is 0 Å². The first-order chi connectivity index (χ1) is 9.02. The minimum absolute atomic E-state index is 0.0258. The third-order valence-corrected chi connectivity index (χ3v) is 3.40. The third kappa shape index (κ3) is 2.89. The van der Waals surface area contributed by atoms with Gasteiger partial charge in [0.2, 0.25) is 0 Å². The van der Waals surface area contributed by atoms with Crippen LogP contribution in [0.4, 0.5) is 25.8 Å². The van der Waals surface area contributed by atoms with Gasteiger partial charge in [0.15, 0.2) is 11.6 Å². The Hall–Kier alpha value is -1.57. The molecule has 0 bridgehead atoms. The lowest BCUT2D eigenvalue weighted by Gasteiger charge is -2.12. The molecular formula is C13H11F2IN2O. The monoisotopic (exact) mass is 376 g/mol. The Morgan fingerprint density at radius 3 is 2.53 bits per heavy atom. The zero-order chi connectivity index (χ0) is 14.0. The van der Waals surface area contributed by atoms with Gasteiger partial charge < -0.3 is 15.8 Å². The maximum Gasteiger partial charge on any atom is 0.183 e. The summed E-state index contributed by atoms with van der Waals surface area (Å²) in [6, 6.07) is 7.87. The van der Waals surface area contributed by atoms with Crippen LogP contribution >= 0.6 is 22.6 Å². The van der Waals surface area contributed by atoms with Crippen molar-refractivity contribution in [3.05, 3.63) is 45.5 Å². The highest BCUT2D eigenvalue weighted by Crippen LogP contribution is 2.30. The van der Waals surface area contributed by atoms with Crippen molar-refractivity contribution in [1.82, 2.24) is 0 Å². The quantitative estimate of drug-likeness (QED) is 0.485. The van der Waals surface area contributed by atoms with E-state index < -0.39 is 11.6 Å². The van der Waals surface area contributed by atoms with Crippen LogP contribution in [-0.2, 0) is 0 Å². The van der Waals surface area contributed by atoms with Crippen molar-refractivity contribution in [3.63, 3.8) is 0 Å². The number of hydrogen-bond acceptors (Lipinski definition) is 3. The normalized spacial score (nSPS) is 10.3. The average molecular weight is 376 g/mol. The highest BCUT2D eigenvalue weighted by molar-refractivity contribution is 14.1. The zero-order valence-electron chi connectivity index (χ0n) is 10.0. The molecule has 0 atom stereocenters. The van der Waals surface area contributed by atoms with Crippen LogP contribution in [-0.4, -0.2) is 7.11 Å². The van der Waals surface area contributed by atoms with Crippen LogP contribution in [0.25, 0.3) is 0 Å². The molecule has 100 valence electrons. The molecule has 0 aliphatic heterocycles. The van der Waals surface area contributed by atoms with Gasteiger partial charge in [-0.3, -0.25) is 0 Å². The van der Waals surface area contributed by atoms with Gasteiger partial charge in [0.05, 0.1) is 27.7 Å². The van der Waals surface area contributed by atoms with Crippen molar-refractivity contribution >= 4 is 39.7 Å². The van der Waals surface area contributed by atoms with Crippen molar-refractivity contribution in [3.8, 4) is 5.75 Å². The van der Waals surface area contributed by atoms with Crippen molar-refractivity contribution in [2.75, 3.05) is 18.2 Å². The molecule has 6 heteroatoms. The maximum atomic E-state index is 13.7. The number of hydrogen-bond donors (Lipinski definition) is 2. The largest absolute Gasteiger partial charge is 0.497 e. The molecule has 0 spiro atoms. The Balaban J connectivity index is 2.39. The van der Waals surface area contributed by atoms with Gasteiger partial charge in [-0.15, -0.1) is 0 Å². The molecule has 0 saturated heterocycles. The standard InChI is InChI=1S/C13H11F2IN2O/c1-19-7-2-4-9(17)11(6-7)18-10-5-3-8(16)12(14)13(10)15/h2-6,18H,17H2,1H3. The van der Waals surface area contributed by atoms with Gasteiger partial charge in [-0.05, 0) is 46.9 Å². The molecule has 19 heavy (non-hydrogen) atoms. The summed E-state index contributed by atoms with van der Waals surface area (Å²) in [4.78, 5) is 0. The fourth-order valence-corrected chi connectivity index (χ4v) is 1.95. The lowest BCUT2D eigenvalue weighted by atomic mass is 10.2. The summed E-state index contributed by atoms with van der Waals surface area (Å²) in [6.07, 6.45) is 0. The first kappa shape index (κ1) is 13.9. The Labute approximate surface area is 122 Å². The smallest absolute Gasteiger partial charge is 0.183 e. The van der Waals surface area contributed by atoms with Crippen molar-refractivity contribution in [2.24, 2.45) is 0 Å².